The normalized spacial score (nSPS) is 11.0. The Morgan fingerprint density at radius 2 is 2.04 bits per heavy atom. The summed E-state index contributed by atoms with van der Waals surface area (Å²) < 4.78 is 25.6. The van der Waals surface area contributed by atoms with Gasteiger partial charge in [0.2, 0.25) is 4.77 Å². The number of aromatic nitrogens is 3. The largest absolute Gasteiger partial charge is 0.497 e. The number of H-pyrrole nitrogens is 1. The van der Waals surface area contributed by atoms with Crippen molar-refractivity contribution in [1.82, 2.24) is 14.9 Å². The van der Waals surface area contributed by atoms with Crippen molar-refractivity contribution in [2.45, 2.75) is 0 Å². The molecule has 0 aliphatic heterocycles. The maximum Gasteiger partial charge on any atom is 0.216 e. The van der Waals surface area contributed by atoms with Gasteiger partial charge in [0.05, 0.1) is 26.0 Å². The third kappa shape index (κ3) is 3.58. The van der Waals surface area contributed by atoms with Crippen molar-refractivity contribution in [3.8, 4) is 22.9 Å². The highest BCUT2D eigenvalue weighted by Crippen LogP contribution is 2.32. The Labute approximate surface area is 148 Å². The van der Waals surface area contributed by atoms with Crippen LogP contribution in [0.4, 0.5) is 4.39 Å². The molecule has 0 spiro atoms. The molecule has 8 heteroatoms. The molecule has 0 fully saturated rings. The van der Waals surface area contributed by atoms with Gasteiger partial charge < -0.3 is 9.47 Å². The second kappa shape index (κ2) is 7.27. The lowest BCUT2D eigenvalue weighted by Crippen LogP contribution is -1.98. The lowest BCUT2D eigenvalue weighted by Gasteiger charge is -2.09. The molecule has 0 radical (unpaired) electrons. The number of nitrogens with zero attached hydrogens (tertiary/aromatic N) is 3. The maximum absolute atomic E-state index is 13.3. The molecule has 0 amide bonds. The summed E-state index contributed by atoms with van der Waals surface area (Å²) in [5.41, 5.74) is 1.29. The summed E-state index contributed by atoms with van der Waals surface area (Å²) in [6, 6.07) is 11.4. The second-order valence-corrected chi connectivity index (χ2v) is 5.42. The van der Waals surface area contributed by atoms with Crippen molar-refractivity contribution in [1.29, 1.82) is 0 Å². The maximum atomic E-state index is 13.3. The Balaban J connectivity index is 2.04. The Bertz CT molecular complexity index is 981. The molecule has 1 heterocycles. The van der Waals surface area contributed by atoms with Crippen LogP contribution in [0.1, 0.15) is 5.56 Å². The summed E-state index contributed by atoms with van der Waals surface area (Å²) in [4.78, 5) is 0. The number of halogens is 1. The number of aromatic amines is 1. The fourth-order valence-corrected chi connectivity index (χ4v) is 2.45. The van der Waals surface area contributed by atoms with E-state index in [4.69, 9.17) is 21.7 Å². The second-order valence-electron chi connectivity index (χ2n) is 5.03. The monoisotopic (exact) mass is 358 g/mol. The highest BCUT2D eigenvalue weighted by Gasteiger charge is 2.14. The van der Waals surface area contributed by atoms with E-state index in [9.17, 15) is 4.39 Å². The van der Waals surface area contributed by atoms with Crippen molar-refractivity contribution in [3.05, 3.63) is 58.6 Å². The van der Waals surface area contributed by atoms with Gasteiger partial charge in [-0.15, -0.1) is 0 Å². The van der Waals surface area contributed by atoms with Crippen molar-refractivity contribution in [2.24, 2.45) is 5.10 Å². The molecule has 0 aliphatic rings. The van der Waals surface area contributed by atoms with E-state index in [0.29, 0.717) is 33.2 Å². The third-order valence-corrected chi connectivity index (χ3v) is 3.74. The lowest BCUT2D eigenvalue weighted by atomic mass is 10.2. The zero-order valence-corrected chi connectivity index (χ0v) is 14.4. The standard InChI is InChI=1S/C17H15FN4O2S/c1-23-13-6-7-14(15(9-13)24-2)16-20-21-17(25)22(16)19-10-11-4-3-5-12(18)8-11/h3-10H,1-2H3,(H,21,25)/b19-10-. The molecule has 0 saturated heterocycles. The fourth-order valence-electron chi connectivity index (χ4n) is 2.27. The van der Waals surface area contributed by atoms with Crippen LogP contribution < -0.4 is 9.47 Å². The highest BCUT2D eigenvalue weighted by atomic mass is 32.1. The summed E-state index contributed by atoms with van der Waals surface area (Å²) in [6.45, 7) is 0. The van der Waals surface area contributed by atoms with Crippen LogP contribution in [0, 0.1) is 10.6 Å². The highest BCUT2D eigenvalue weighted by molar-refractivity contribution is 7.71. The molecule has 0 unspecified atom stereocenters. The molecule has 3 rings (SSSR count). The van der Waals surface area contributed by atoms with E-state index in [1.54, 1.807) is 44.6 Å². The molecule has 2 aromatic carbocycles. The Morgan fingerprint density at radius 3 is 2.76 bits per heavy atom. The van der Waals surface area contributed by atoms with E-state index in [1.807, 2.05) is 0 Å². The van der Waals surface area contributed by atoms with Gasteiger partial charge in [-0.25, -0.2) is 9.49 Å². The molecule has 6 nitrogen and oxygen atoms in total. The summed E-state index contributed by atoms with van der Waals surface area (Å²) in [6.07, 6.45) is 1.51. The van der Waals surface area contributed by atoms with Crippen LogP contribution in [0.15, 0.2) is 47.6 Å². The molecule has 0 saturated carbocycles. The molecule has 0 atom stereocenters. The molecule has 25 heavy (non-hydrogen) atoms. The van der Waals surface area contributed by atoms with Crippen LogP contribution in [-0.4, -0.2) is 35.3 Å². The average molecular weight is 358 g/mol. The van der Waals surface area contributed by atoms with Crippen LogP contribution in [0.2, 0.25) is 0 Å². The van der Waals surface area contributed by atoms with Crippen LogP contribution in [0.25, 0.3) is 11.4 Å². The molecular formula is C17H15FN4O2S. The van der Waals surface area contributed by atoms with Crippen molar-refractivity contribution < 1.29 is 13.9 Å². The van der Waals surface area contributed by atoms with Gasteiger partial charge in [0.1, 0.15) is 17.3 Å². The first-order valence-electron chi connectivity index (χ1n) is 7.32. The van der Waals surface area contributed by atoms with Gasteiger partial charge in [0.15, 0.2) is 5.82 Å². The molecule has 0 bridgehead atoms. The molecule has 128 valence electrons. The summed E-state index contributed by atoms with van der Waals surface area (Å²) in [7, 11) is 3.13. The minimum Gasteiger partial charge on any atom is -0.497 e. The van der Waals surface area contributed by atoms with Gasteiger partial charge in [-0.05, 0) is 42.0 Å². The van der Waals surface area contributed by atoms with Gasteiger partial charge >= 0.3 is 0 Å². The van der Waals surface area contributed by atoms with Gasteiger partial charge in [0, 0.05) is 6.07 Å². The van der Waals surface area contributed by atoms with Crippen LogP contribution in [0.5, 0.6) is 11.5 Å². The minimum absolute atomic E-state index is 0.306. The third-order valence-electron chi connectivity index (χ3n) is 3.47. The summed E-state index contributed by atoms with van der Waals surface area (Å²) >= 11 is 5.23. The quantitative estimate of drug-likeness (QED) is 0.559. The number of benzene rings is 2. The van der Waals surface area contributed by atoms with E-state index in [0.717, 1.165) is 0 Å². The SMILES string of the molecule is COc1ccc(-c2n[nH]c(=S)n2/N=C\c2cccc(F)c2)c(OC)c1. The van der Waals surface area contributed by atoms with E-state index in [1.165, 1.54) is 23.0 Å². The van der Waals surface area contributed by atoms with Gasteiger partial charge in [-0.1, -0.05) is 12.1 Å². The van der Waals surface area contributed by atoms with E-state index < -0.39 is 0 Å². The van der Waals surface area contributed by atoms with E-state index in [-0.39, 0.29) is 5.82 Å². The number of methoxy groups -OCH3 is 2. The molecule has 3 aromatic rings. The first-order chi connectivity index (χ1) is 12.1. The zero-order chi connectivity index (χ0) is 17.8. The number of hydrogen-bond acceptors (Lipinski definition) is 5. The number of rotatable bonds is 5. The Morgan fingerprint density at radius 1 is 1.20 bits per heavy atom. The smallest absolute Gasteiger partial charge is 0.216 e. The predicted molar refractivity (Wildman–Crippen MR) is 95.3 cm³/mol. The zero-order valence-electron chi connectivity index (χ0n) is 13.6. The average Bonchev–Trinajstić information content (AvgIpc) is 2.99. The summed E-state index contributed by atoms with van der Waals surface area (Å²) in [5, 5.41) is 11.2. The number of hydrogen-bond donors (Lipinski definition) is 1. The van der Waals surface area contributed by atoms with E-state index >= 15 is 0 Å². The minimum atomic E-state index is -0.336. The van der Waals surface area contributed by atoms with Crippen molar-refractivity contribution in [3.63, 3.8) is 0 Å². The molecule has 1 aromatic heterocycles. The summed E-state index contributed by atoms with van der Waals surface area (Å²) in [5.74, 6) is 1.36. The van der Waals surface area contributed by atoms with Crippen LogP contribution in [0.3, 0.4) is 0 Å². The molecular weight excluding hydrogens is 343 g/mol. The van der Waals surface area contributed by atoms with Gasteiger partial charge in [0.25, 0.3) is 0 Å². The van der Waals surface area contributed by atoms with Crippen molar-refractivity contribution in [2.75, 3.05) is 14.2 Å². The van der Waals surface area contributed by atoms with Gasteiger partial charge in [-0.3, -0.25) is 0 Å². The van der Waals surface area contributed by atoms with Crippen molar-refractivity contribution >= 4 is 18.4 Å². The van der Waals surface area contributed by atoms with E-state index in [2.05, 4.69) is 15.3 Å². The predicted octanol–water partition coefficient (Wildman–Crippen LogP) is 3.65. The lowest BCUT2D eigenvalue weighted by molar-refractivity contribution is 0.395. The van der Waals surface area contributed by atoms with Crippen LogP contribution in [-0.2, 0) is 0 Å². The molecule has 1 N–H and O–H groups in total. The number of nitrogens with one attached hydrogen (secondary N) is 1. The Hall–Kier alpha value is -3.00. The number of ether oxygens (including phenoxy) is 2. The Kier molecular flexibility index (Phi) is 4.90. The first kappa shape index (κ1) is 16.8. The fraction of sp³-hybridized carbons (Fsp3) is 0.118. The van der Waals surface area contributed by atoms with Gasteiger partial charge in [-0.2, -0.15) is 14.9 Å². The topological polar surface area (TPSA) is 64.4 Å². The molecule has 0 aliphatic carbocycles. The van der Waals surface area contributed by atoms with Crippen LogP contribution >= 0.6 is 12.2 Å². The first-order valence-corrected chi connectivity index (χ1v) is 7.73.